The molecule has 3 rings (SSSR count). The summed E-state index contributed by atoms with van der Waals surface area (Å²) in [6.45, 7) is 1.97. The maximum absolute atomic E-state index is 12.7. The molecule has 2 aromatic heterocycles. The quantitative estimate of drug-likeness (QED) is 0.841. The Labute approximate surface area is 161 Å². The number of nitrogens with one attached hydrogen (secondary N) is 1. The second kappa shape index (κ2) is 9.72. The number of aromatic nitrogens is 3. The number of hydrogen-bond donors (Lipinski definition) is 1. The van der Waals surface area contributed by atoms with E-state index in [1.807, 2.05) is 14.0 Å². The second-order valence-corrected chi connectivity index (χ2v) is 7.77. The van der Waals surface area contributed by atoms with Crippen LogP contribution >= 0.6 is 0 Å². The summed E-state index contributed by atoms with van der Waals surface area (Å²) in [5.41, 5.74) is 2.55. The first-order valence-electron chi connectivity index (χ1n) is 10.4. The Balaban J connectivity index is 1.60. The molecule has 6 heteroatoms. The lowest BCUT2D eigenvalue weighted by atomic mass is 9.98. The van der Waals surface area contributed by atoms with Gasteiger partial charge in [0.15, 0.2) is 0 Å². The van der Waals surface area contributed by atoms with Gasteiger partial charge in [0.2, 0.25) is 5.76 Å². The third-order valence-electron chi connectivity index (χ3n) is 5.69. The summed E-state index contributed by atoms with van der Waals surface area (Å²) in [5.74, 6) is 0.117. The lowest BCUT2D eigenvalue weighted by molar-refractivity contribution is 0.0894. The summed E-state index contributed by atoms with van der Waals surface area (Å²) in [4.78, 5) is 12.7. The van der Waals surface area contributed by atoms with E-state index in [2.05, 4.69) is 15.6 Å². The summed E-state index contributed by atoms with van der Waals surface area (Å²) in [7, 11) is 1.89. The van der Waals surface area contributed by atoms with E-state index >= 15 is 0 Å². The smallest absolute Gasteiger partial charge is 0.290 e. The molecular weight excluding hydrogens is 340 g/mol. The molecule has 0 unspecified atom stereocenters. The number of aryl methyl sites for hydroxylation is 1. The van der Waals surface area contributed by atoms with Gasteiger partial charge in [-0.1, -0.05) is 62.9 Å². The van der Waals surface area contributed by atoms with E-state index in [0.717, 1.165) is 24.1 Å². The van der Waals surface area contributed by atoms with E-state index in [-0.39, 0.29) is 17.7 Å². The largest absolute Gasteiger partial charge is 0.350 e. The fraction of sp³-hybridized carbons (Fsp3) is 0.667. The fourth-order valence-electron chi connectivity index (χ4n) is 3.82. The fourth-order valence-corrected chi connectivity index (χ4v) is 3.82. The number of nitrogens with zero attached hydrogens (tertiary/aromatic N) is 3. The molecule has 0 spiro atoms. The third-order valence-corrected chi connectivity index (χ3v) is 5.69. The zero-order valence-electron chi connectivity index (χ0n) is 16.7. The molecule has 1 N–H and O–H groups in total. The Kier molecular flexibility index (Phi) is 7.07. The second-order valence-electron chi connectivity index (χ2n) is 7.77. The average molecular weight is 373 g/mol. The maximum atomic E-state index is 12.7. The zero-order chi connectivity index (χ0) is 19.1. The summed E-state index contributed by atoms with van der Waals surface area (Å²) >= 11 is 0. The Morgan fingerprint density at radius 3 is 2.22 bits per heavy atom. The van der Waals surface area contributed by atoms with Gasteiger partial charge in [0.05, 0.1) is 6.20 Å². The molecular formula is C21H32N4O2. The monoisotopic (exact) mass is 372 g/mol. The molecule has 148 valence electrons. The van der Waals surface area contributed by atoms with Gasteiger partial charge in [0.25, 0.3) is 5.91 Å². The molecule has 1 aliphatic carbocycles. The third kappa shape index (κ3) is 5.44. The van der Waals surface area contributed by atoms with Crippen molar-refractivity contribution < 1.29 is 9.32 Å². The van der Waals surface area contributed by atoms with Gasteiger partial charge in [0, 0.05) is 30.4 Å². The van der Waals surface area contributed by atoms with Crippen LogP contribution in [0.3, 0.4) is 0 Å². The molecule has 0 bridgehead atoms. The number of amides is 1. The minimum absolute atomic E-state index is 0.160. The van der Waals surface area contributed by atoms with Gasteiger partial charge < -0.3 is 9.84 Å². The predicted molar refractivity (Wildman–Crippen MR) is 105 cm³/mol. The summed E-state index contributed by atoms with van der Waals surface area (Å²) in [6, 6.07) is 1.94. The van der Waals surface area contributed by atoms with Crippen LogP contribution in [0.1, 0.15) is 86.9 Å². The van der Waals surface area contributed by atoms with Gasteiger partial charge in [0.1, 0.15) is 5.69 Å². The molecule has 0 radical (unpaired) electrons. The Morgan fingerprint density at radius 1 is 1.07 bits per heavy atom. The van der Waals surface area contributed by atoms with Crippen LogP contribution in [-0.2, 0) is 7.05 Å². The molecule has 1 saturated carbocycles. The van der Waals surface area contributed by atoms with Crippen LogP contribution in [0.5, 0.6) is 0 Å². The Bertz CT molecular complexity index is 722. The summed E-state index contributed by atoms with van der Waals surface area (Å²) < 4.78 is 7.11. The molecule has 2 heterocycles. The van der Waals surface area contributed by atoms with Gasteiger partial charge in [-0.3, -0.25) is 9.48 Å². The average Bonchev–Trinajstić information content (AvgIpc) is 3.25. The van der Waals surface area contributed by atoms with Crippen molar-refractivity contribution >= 4 is 5.91 Å². The predicted octanol–water partition coefficient (Wildman–Crippen LogP) is 4.79. The molecule has 1 amide bonds. The van der Waals surface area contributed by atoms with Crippen LogP contribution in [0.2, 0.25) is 0 Å². The first kappa shape index (κ1) is 19.6. The van der Waals surface area contributed by atoms with E-state index in [9.17, 15) is 4.79 Å². The van der Waals surface area contributed by atoms with E-state index in [4.69, 9.17) is 4.52 Å². The highest BCUT2D eigenvalue weighted by Gasteiger charge is 2.19. The van der Waals surface area contributed by atoms with Gasteiger partial charge in [-0.05, 0) is 19.8 Å². The minimum Gasteiger partial charge on any atom is -0.350 e. The zero-order valence-corrected chi connectivity index (χ0v) is 16.7. The van der Waals surface area contributed by atoms with Crippen molar-refractivity contribution in [1.82, 2.24) is 20.3 Å². The molecule has 6 nitrogen and oxygen atoms in total. The van der Waals surface area contributed by atoms with Crippen molar-refractivity contribution in [3.05, 3.63) is 23.7 Å². The molecule has 0 saturated heterocycles. The number of rotatable bonds is 3. The Hall–Kier alpha value is -2.11. The molecule has 27 heavy (non-hydrogen) atoms. The molecule has 0 atom stereocenters. The van der Waals surface area contributed by atoms with Crippen LogP contribution < -0.4 is 5.32 Å². The molecule has 0 aromatic carbocycles. The van der Waals surface area contributed by atoms with Crippen molar-refractivity contribution in [1.29, 1.82) is 0 Å². The van der Waals surface area contributed by atoms with Gasteiger partial charge in [-0.15, -0.1) is 0 Å². The van der Waals surface area contributed by atoms with Crippen molar-refractivity contribution in [2.24, 2.45) is 7.05 Å². The minimum atomic E-state index is -0.160. The van der Waals surface area contributed by atoms with Gasteiger partial charge in [-0.25, -0.2) is 0 Å². The molecule has 1 aliphatic rings. The van der Waals surface area contributed by atoms with Gasteiger partial charge in [-0.2, -0.15) is 5.10 Å². The Morgan fingerprint density at radius 2 is 1.67 bits per heavy atom. The number of hydrogen-bond acceptors (Lipinski definition) is 4. The molecule has 1 fully saturated rings. The van der Waals surface area contributed by atoms with E-state index < -0.39 is 0 Å². The van der Waals surface area contributed by atoms with Crippen molar-refractivity contribution in [3.8, 4) is 11.3 Å². The molecule has 0 aliphatic heterocycles. The van der Waals surface area contributed by atoms with Crippen LogP contribution in [0, 0.1) is 6.92 Å². The lowest BCUT2D eigenvalue weighted by Crippen LogP contribution is -2.34. The van der Waals surface area contributed by atoms with Crippen LogP contribution in [0.25, 0.3) is 11.3 Å². The van der Waals surface area contributed by atoms with E-state index in [1.54, 1.807) is 16.9 Å². The number of carbonyl (C=O) groups is 1. The van der Waals surface area contributed by atoms with E-state index in [0.29, 0.717) is 5.69 Å². The highest BCUT2D eigenvalue weighted by atomic mass is 16.5. The van der Waals surface area contributed by atoms with Crippen molar-refractivity contribution in [2.45, 2.75) is 83.6 Å². The van der Waals surface area contributed by atoms with Gasteiger partial charge >= 0.3 is 0 Å². The first-order valence-corrected chi connectivity index (χ1v) is 10.4. The van der Waals surface area contributed by atoms with Crippen LogP contribution in [-0.4, -0.2) is 26.9 Å². The van der Waals surface area contributed by atoms with Crippen molar-refractivity contribution in [2.75, 3.05) is 0 Å². The topological polar surface area (TPSA) is 73.0 Å². The standard InChI is InChI=1S/C21H32N4O2/c1-16-18(15-22-25(16)2)19-14-20(27-24-19)21(26)23-17-12-10-8-6-4-3-5-7-9-11-13-17/h14-15,17H,3-13H2,1-2H3,(H,23,26). The molecule has 2 aromatic rings. The maximum Gasteiger partial charge on any atom is 0.290 e. The lowest BCUT2D eigenvalue weighted by Gasteiger charge is -2.18. The van der Waals surface area contributed by atoms with Crippen LogP contribution in [0.15, 0.2) is 16.8 Å². The first-order chi connectivity index (χ1) is 13.1. The summed E-state index contributed by atoms with van der Waals surface area (Å²) in [6.07, 6.45) is 15.5. The van der Waals surface area contributed by atoms with Crippen LogP contribution in [0.4, 0.5) is 0 Å². The highest BCUT2D eigenvalue weighted by molar-refractivity contribution is 5.92. The number of carbonyl (C=O) groups excluding carboxylic acids is 1. The van der Waals surface area contributed by atoms with Crippen molar-refractivity contribution in [3.63, 3.8) is 0 Å². The van der Waals surface area contributed by atoms with E-state index in [1.165, 1.54) is 57.8 Å². The summed E-state index contributed by atoms with van der Waals surface area (Å²) in [5, 5.41) is 11.5. The SMILES string of the molecule is Cc1c(-c2cc(C(=O)NC3CCCCCCCCCCC3)on2)cnn1C. The highest BCUT2D eigenvalue weighted by Crippen LogP contribution is 2.23. The normalized spacial score (nSPS) is 17.9.